The van der Waals surface area contributed by atoms with E-state index in [0.717, 1.165) is 25.3 Å². The molecule has 1 saturated carbocycles. The molecule has 0 aromatic heterocycles. The number of piperidine rings is 1. The minimum atomic E-state index is -0.0134. The molecule has 0 spiro atoms. The number of nitrogens with zero attached hydrogens (tertiary/aromatic N) is 2. The molecule has 1 heterocycles. The molecule has 2 rings (SSSR count). The third-order valence-electron chi connectivity index (χ3n) is 5.44. The van der Waals surface area contributed by atoms with Crippen molar-refractivity contribution in [3.8, 4) is 0 Å². The summed E-state index contributed by atoms with van der Waals surface area (Å²) in [5.41, 5.74) is -0.0134. The van der Waals surface area contributed by atoms with Crippen LogP contribution in [-0.2, 0) is 0 Å². The molecular weight excluding hydrogens is 250 g/mol. The van der Waals surface area contributed by atoms with Crippen molar-refractivity contribution in [2.24, 2.45) is 5.92 Å². The van der Waals surface area contributed by atoms with Crippen LogP contribution in [0.2, 0.25) is 0 Å². The van der Waals surface area contributed by atoms with E-state index in [0.29, 0.717) is 6.04 Å². The largest absolute Gasteiger partial charge is 0.394 e. The molecule has 4 heteroatoms. The number of rotatable bonds is 6. The molecule has 0 aromatic carbocycles. The molecule has 2 N–H and O–H groups in total. The maximum atomic E-state index is 9.71. The molecule has 0 aromatic rings. The highest BCUT2D eigenvalue weighted by molar-refractivity contribution is 4.99. The fraction of sp³-hybridized carbons (Fsp3) is 1.00. The SMILES string of the molecule is CCNC1(CO)CCC(N(C)CC2CCN(C)CC2)C1. The van der Waals surface area contributed by atoms with E-state index in [9.17, 15) is 5.11 Å². The Hall–Kier alpha value is -0.160. The Morgan fingerprint density at radius 1 is 1.30 bits per heavy atom. The van der Waals surface area contributed by atoms with Gasteiger partial charge in [-0.05, 0) is 71.8 Å². The van der Waals surface area contributed by atoms with Crippen LogP contribution in [-0.4, -0.2) is 73.4 Å². The summed E-state index contributed by atoms with van der Waals surface area (Å²) in [6, 6.07) is 0.640. The van der Waals surface area contributed by atoms with Crippen molar-refractivity contribution >= 4 is 0 Å². The Kier molecular flexibility index (Phi) is 5.84. The summed E-state index contributed by atoms with van der Waals surface area (Å²) in [4.78, 5) is 5.00. The molecule has 2 fully saturated rings. The minimum Gasteiger partial charge on any atom is -0.394 e. The lowest BCUT2D eigenvalue weighted by molar-refractivity contribution is 0.131. The molecule has 1 aliphatic carbocycles. The van der Waals surface area contributed by atoms with Gasteiger partial charge in [-0.2, -0.15) is 0 Å². The fourth-order valence-corrected chi connectivity index (χ4v) is 4.01. The fourth-order valence-electron chi connectivity index (χ4n) is 4.01. The number of aliphatic hydroxyl groups is 1. The predicted octanol–water partition coefficient (Wildman–Crippen LogP) is 1.15. The maximum absolute atomic E-state index is 9.71. The van der Waals surface area contributed by atoms with Gasteiger partial charge >= 0.3 is 0 Å². The average molecular weight is 283 g/mol. The molecule has 20 heavy (non-hydrogen) atoms. The van der Waals surface area contributed by atoms with Crippen LogP contribution in [0.25, 0.3) is 0 Å². The van der Waals surface area contributed by atoms with Crippen LogP contribution in [0.4, 0.5) is 0 Å². The highest BCUT2D eigenvalue weighted by Gasteiger charge is 2.39. The summed E-state index contributed by atoms with van der Waals surface area (Å²) in [5.74, 6) is 0.861. The third kappa shape index (κ3) is 3.94. The van der Waals surface area contributed by atoms with E-state index in [-0.39, 0.29) is 12.1 Å². The van der Waals surface area contributed by atoms with Gasteiger partial charge in [0.05, 0.1) is 6.61 Å². The first kappa shape index (κ1) is 16.2. The van der Waals surface area contributed by atoms with E-state index >= 15 is 0 Å². The Labute approximate surface area is 124 Å². The smallest absolute Gasteiger partial charge is 0.0613 e. The van der Waals surface area contributed by atoms with Crippen LogP contribution >= 0.6 is 0 Å². The molecule has 2 atom stereocenters. The molecule has 118 valence electrons. The van der Waals surface area contributed by atoms with Gasteiger partial charge in [-0.1, -0.05) is 6.92 Å². The van der Waals surface area contributed by atoms with Gasteiger partial charge in [0.25, 0.3) is 0 Å². The van der Waals surface area contributed by atoms with Crippen molar-refractivity contribution in [1.82, 2.24) is 15.1 Å². The van der Waals surface area contributed by atoms with Crippen LogP contribution in [0.15, 0.2) is 0 Å². The highest BCUT2D eigenvalue weighted by atomic mass is 16.3. The Morgan fingerprint density at radius 3 is 2.60 bits per heavy atom. The van der Waals surface area contributed by atoms with Crippen molar-refractivity contribution in [2.45, 2.75) is 50.6 Å². The summed E-state index contributed by atoms with van der Waals surface area (Å²) < 4.78 is 0. The second kappa shape index (κ2) is 7.21. The molecule has 0 amide bonds. The summed E-state index contributed by atoms with van der Waals surface area (Å²) in [6.07, 6.45) is 6.11. The van der Waals surface area contributed by atoms with Crippen LogP contribution in [0.5, 0.6) is 0 Å². The topological polar surface area (TPSA) is 38.7 Å². The van der Waals surface area contributed by atoms with Crippen molar-refractivity contribution in [1.29, 1.82) is 0 Å². The first-order valence-corrected chi connectivity index (χ1v) is 8.33. The van der Waals surface area contributed by atoms with Crippen LogP contribution in [0.3, 0.4) is 0 Å². The molecule has 0 bridgehead atoms. The van der Waals surface area contributed by atoms with E-state index in [2.05, 4.69) is 36.1 Å². The Morgan fingerprint density at radius 2 is 2.00 bits per heavy atom. The van der Waals surface area contributed by atoms with E-state index in [1.54, 1.807) is 0 Å². The quantitative estimate of drug-likeness (QED) is 0.767. The number of aliphatic hydroxyl groups excluding tert-OH is 1. The Bertz CT molecular complexity index is 291. The van der Waals surface area contributed by atoms with E-state index in [1.165, 1.54) is 38.9 Å². The molecule has 2 unspecified atom stereocenters. The van der Waals surface area contributed by atoms with Crippen LogP contribution < -0.4 is 5.32 Å². The van der Waals surface area contributed by atoms with Crippen molar-refractivity contribution in [3.63, 3.8) is 0 Å². The van der Waals surface area contributed by atoms with Gasteiger partial charge in [0.2, 0.25) is 0 Å². The number of nitrogens with one attached hydrogen (secondary N) is 1. The average Bonchev–Trinajstić information content (AvgIpc) is 2.87. The first-order chi connectivity index (χ1) is 9.58. The van der Waals surface area contributed by atoms with Gasteiger partial charge < -0.3 is 20.2 Å². The minimum absolute atomic E-state index is 0.0134. The second-order valence-corrected chi connectivity index (χ2v) is 7.05. The lowest BCUT2D eigenvalue weighted by Gasteiger charge is -2.35. The summed E-state index contributed by atoms with van der Waals surface area (Å²) in [6.45, 7) is 7.09. The molecule has 0 radical (unpaired) electrons. The molecule has 2 aliphatic rings. The highest BCUT2D eigenvalue weighted by Crippen LogP contribution is 2.33. The number of likely N-dealkylation sites (N-methyl/N-ethyl adjacent to an activating group) is 1. The van der Waals surface area contributed by atoms with Gasteiger partial charge in [-0.25, -0.2) is 0 Å². The molecular formula is C16H33N3O. The number of likely N-dealkylation sites (tertiary alicyclic amines) is 1. The van der Waals surface area contributed by atoms with E-state index in [1.807, 2.05) is 0 Å². The standard InChI is InChI=1S/C16H33N3O/c1-4-17-16(13-20)8-5-15(11-16)19(3)12-14-6-9-18(2)10-7-14/h14-15,17,20H,4-13H2,1-3H3. The van der Waals surface area contributed by atoms with Crippen LogP contribution in [0, 0.1) is 5.92 Å². The predicted molar refractivity (Wildman–Crippen MR) is 84.0 cm³/mol. The second-order valence-electron chi connectivity index (χ2n) is 7.05. The van der Waals surface area contributed by atoms with Gasteiger partial charge in [0, 0.05) is 18.1 Å². The number of hydrogen-bond acceptors (Lipinski definition) is 4. The van der Waals surface area contributed by atoms with E-state index in [4.69, 9.17) is 0 Å². The zero-order valence-corrected chi connectivity index (χ0v) is 13.6. The normalized spacial score (nSPS) is 33.1. The van der Waals surface area contributed by atoms with Gasteiger partial charge in [0.15, 0.2) is 0 Å². The van der Waals surface area contributed by atoms with Gasteiger partial charge in [-0.3, -0.25) is 0 Å². The van der Waals surface area contributed by atoms with Crippen molar-refractivity contribution < 1.29 is 5.11 Å². The lowest BCUT2D eigenvalue weighted by atomic mass is 9.95. The molecule has 1 saturated heterocycles. The monoisotopic (exact) mass is 283 g/mol. The number of hydrogen-bond donors (Lipinski definition) is 2. The third-order valence-corrected chi connectivity index (χ3v) is 5.44. The first-order valence-electron chi connectivity index (χ1n) is 8.33. The van der Waals surface area contributed by atoms with Crippen molar-refractivity contribution in [3.05, 3.63) is 0 Å². The summed E-state index contributed by atoms with van der Waals surface area (Å²) >= 11 is 0. The van der Waals surface area contributed by atoms with Gasteiger partial charge in [0.1, 0.15) is 0 Å². The van der Waals surface area contributed by atoms with Crippen molar-refractivity contribution in [2.75, 3.05) is 46.9 Å². The zero-order chi connectivity index (χ0) is 14.6. The van der Waals surface area contributed by atoms with Gasteiger partial charge in [-0.15, -0.1) is 0 Å². The zero-order valence-electron chi connectivity index (χ0n) is 13.6. The molecule has 1 aliphatic heterocycles. The van der Waals surface area contributed by atoms with Crippen LogP contribution in [0.1, 0.15) is 39.0 Å². The maximum Gasteiger partial charge on any atom is 0.0613 e. The molecule has 4 nitrogen and oxygen atoms in total. The van der Waals surface area contributed by atoms with E-state index < -0.39 is 0 Å². The Balaban J connectivity index is 1.80. The lowest BCUT2D eigenvalue weighted by Crippen LogP contribution is -2.48. The summed E-state index contributed by atoms with van der Waals surface area (Å²) in [7, 11) is 4.51. The summed E-state index contributed by atoms with van der Waals surface area (Å²) in [5, 5.41) is 13.2.